The van der Waals surface area contributed by atoms with Crippen molar-refractivity contribution in [3.8, 4) is 12.3 Å². The molecule has 0 saturated heterocycles. The second-order valence-electron chi connectivity index (χ2n) is 7.94. The molecule has 1 atom stereocenters. The number of rotatable bonds is 8. The molecule has 0 aliphatic rings. The number of carbonyl (C=O) groups is 3. The lowest BCUT2D eigenvalue weighted by Crippen LogP contribution is -2.49. The van der Waals surface area contributed by atoms with E-state index in [-0.39, 0.29) is 30.2 Å². The Labute approximate surface area is 184 Å². The van der Waals surface area contributed by atoms with E-state index in [2.05, 4.69) is 16.6 Å². The van der Waals surface area contributed by atoms with E-state index < -0.39 is 6.04 Å². The van der Waals surface area contributed by atoms with Crippen molar-refractivity contribution in [1.29, 1.82) is 0 Å². The summed E-state index contributed by atoms with van der Waals surface area (Å²) in [5, 5.41) is 5.58. The molecule has 0 radical (unpaired) electrons. The molecule has 31 heavy (non-hydrogen) atoms. The second kappa shape index (κ2) is 11.0. The maximum atomic E-state index is 13.0. The third kappa shape index (κ3) is 7.00. The first-order valence-corrected chi connectivity index (χ1v) is 10.2. The van der Waals surface area contributed by atoms with Gasteiger partial charge >= 0.3 is 0 Å². The Morgan fingerprint density at radius 3 is 2.45 bits per heavy atom. The molecule has 1 unspecified atom stereocenters. The van der Waals surface area contributed by atoms with Crippen molar-refractivity contribution in [3.05, 3.63) is 65.2 Å². The highest BCUT2D eigenvalue weighted by molar-refractivity contribution is 5.99. The number of likely N-dealkylation sites (N-methyl/N-ethyl adjacent to an activating group) is 1. The Balaban J connectivity index is 2.05. The van der Waals surface area contributed by atoms with Crippen LogP contribution < -0.4 is 10.6 Å². The van der Waals surface area contributed by atoms with E-state index in [9.17, 15) is 14.4 Å². The SMILES string of the molecule is C#Cc1cccc(NC(=O)CN(C)C(=O)C(CC(C)C)NC(=O)c2ccccc2C)c1. The van der Waals surface area contributed by atoms with Crippen LogP contribution >= 0.6 is 0 Å². The molecule has 0 fully saturated rings. The second-order valence-corrected chi connectivity index (χ2v) is 7.94. The minimum Gasteiger partial charge on any atom is -0.340 e. The normalized spacial score (nSPS) is 11.4. The Bertz CT molecular complexity index is 992. The van der Waals surface area contributed by atoms with E-state index in [1.165, 1.54) is 4.90 Å². The molecule has 0 aliphatic carbocycles. The van der Waals surface area contributed by atoms with Crippen LogP contribution in [0, 0.1) is 25.2 Å². The van der Waals surface area contributed by atoms with Gasteiger partial charge in [0.05, 0.1) is 6.54 Å². The summed E-state index contributed by atoms with van der Waals surface area (Å²) in [6.45, 7) is 5.66. The minimum absolute atomic E-state index is 0.145. The molecule has 0 heterocycles. The number of nitrogens with one attached hydrogen (secondary N) is 2. The first-order chi connectivity index (χ1) is 14.7. The average molecular weight is 420 g/mol. The Morgan fingerprint density at radius 1 is 1.10 bits per heavy atom. The van der Waals surface area contributed by atoms with Gasteiger partial charge in [-0.1, -0.05) is 44.0 Å². The number of hydrogen-bond acceptors (Lipinski definition) is 3. The van der Waals surface area contributed by atoms with E-state index in [1.807, 2.05) is 32.9 Å². The highest BCUT2D eigenvalue weighted by Crippen LogP contribution is 2.13. The van der Waals surface area contributed by atoms with E-state index in [0.29, 0.717) is 23.2 Å². The third-order valence-corrected chi connectivity index (χ3v) is 4.77. The van der Waals surface area contributed by atoms with Crippen LogP contribution in [0.4, 0.5) is 5.69 Å². The van der Waals surface area contributed by atoms with Crippen LogP contribution in [0.1, 0.15) is 41.8 Å². The fourth-order valence-electron chi connectivity index (χ4n) is 3.20. The molecular formula is C25H29N3O3. The molecule has 0 aliphatic heterocycles. The summed E-state index contributed by atoms with van der Waals surface area (Å²) >= 11 is 0. The zero-order valence-electron chi connectivity index (χ0n) is 18.4. The molecule has 0 saturated carbocycles. The molecule has 2 aromatic carbocycles. The predicted octanol–water partition coefficient (Wildman–Crippen LogP) is 3.22. The molecule has 6 heteroatoms. The monoisotopic (exact) mass is 419 g/mol. The van der Waals surface area contributed by atoms with Gasteiger partial charge in [-0.2, -0.15) is 0 Å². The summed E-state index contributed by atoms with van der Waals surface area (Å²) in [4.78, 5) is 39.5. The van der Waals surface area contributed by atoms with Crippen LogP contribution in [0.3, 0.4) is 0 Å². The number of benzene rings is 2. The van der Waals surface area contributed by atoms with Crippen LogP contribution in [-0.2, 0) is 9.59 Å². The van der Waals surface area contributed by atoms with E-state index >= 15 is 0 Å². The molecule has 0 spiro atoms. The average Bonchev–Trinajstić information content (AvgIpc) is 2.72. The number of aryl methyl sites for hydroxylation is 1. The Hall–Kier alpha value is -3.59. The summed E-state index contributed by atoms with van der Waals surface area (Å²) in [6, 6.07) is 13.4. The largest absolute Gasteiger partial charge is 0.340 e. The number of amides is 3. The highest BCUT2D eigenvalue weighted by Gasteiger charge is 2.26. The van der Waals surface area contributed by atoms with E-state index in [4.69, 9.17) is 6.42 Å². The van der Waals surface area contributed by atoms with Gasteiger partial charge in [-0.05, 0) is 49.1 Å². The van der Waals surface area contributed by atoms with Crippen molar-refractivity contribution in [2.24, 2.45) is 5.92 Å². The molecule has 2 aromatic rings. The summed E-state index contributed by atoms with van der Waals surface area (Å²) in [5.41, 5.74) is 2.57. The Morgan fingerprint density at radius 2 is 1.81 bits per heavy atom. The summed E-state index contributed by atoms with van der Waals surface area (Å²) in [7, 11) is 1.55. The number of nitrogens with zero attached hydrogens (tertiary/aromatic N) is 1. The maximum Gasteiger partial charge on any atom is 0.252 e. The summed E-state index contributed by atoms with van der Waals surface area (Å²) in [6.07, 6.45) is 5.85. The zero-order chi connectivity index (χ0) is 23.0. The number of anilines is 1. The van der Waals surface area contributed by atoms with Gasteiger partial charge in [-0.25, -0.2) is 0 Å². The van der Waals surface area contributed by atoms with Crippen molar-refractivity contribution in [2.45, 2.75) is 33.2 Å². The molecule has 0 bridgehead atoms. The number of carbonyl (C=O) groups excluding carboxylic acids is 3. The van der Waals surface area contributed by atoms with Crippen LogP contribution in [0.5, 0.6) is 0 Å². The van der Waals surface area contributed by atoms with E-state index in [0.717, 1.165) is 5.56 Å². The molecule has 2 N–H and O–H groups in total. The van der Waals surface area contributed by atoms with Crippen molar-refractivity contribution < 1.29 is 14.4 Å². The topological polar surface area (TPSA) is 78.5 Å². The first kappa shape index (κ1) is 23.7. The van der Waals surface area contributed by atoms with Crippen molar-refractivity contribution >= 4 is 23.4 Å². The van der Waals surface area contributed by atoms with Gasteiger partial charge in [0.1, 0.15) is 6.04 Å². The zero-order valence-corrected chi connectivity index (χ0v) is 18.4. The fraction of sp³-hybridized carbons (Fsp3) is 0.320. The lowest BCUT2D eigenvalue weighted by Gasteiger charge is -2.25. The molecular weight excluding hydrogens is 390 g/mol. The predicted molar refractivity (Wildman–Crippen MR) is 123 cm³/mol. The summed E-state index contributed by atoms with van der Waals surface area (Å²) < 4.78 is 0. The lowest BCUT2D eigenvalue weighted by molar-refractivity contribution is -0.135. The van der Waals surface area contributed by atoms with Gasteiger partial charge in [0.15, 0.2) is 0 Å². The maximum absolute atomic E-state index is 13.0. The lowest BCUT2D eigenvalue weighted by atomic mass is 10.0. The molecule has 6 nitrogen and oxygen atoms in total. The van der Waals surface area contributed by atoms with Crippen LogP contribution in [0.25, 0.3) is 0 Å². The van der Waals surface area contributed by atoms with Crippen molar-refractivity contribution in [3.63, 3.8) is 0 Å². The first-order valence-electron chi connectivity index (χ1n) is 10.2. The Kier molecular flexibility index (Phi) is 8.39. The van der Waals surface area contributed by atoms with Gasteiger partial charge in [-0.3, -0.25) is 14.4 Å². The molecule has 2 rings (SSSR count). The molecule has 162 valence electrons. The van der Waals surface area contributed by atoms with E-state index in [1.54, 1.807) is 43.4 Å². The highest BCUT2D eigenvalue weighted by atomic mass is 16.2. The van der Waals surface area contributed by atoms with Crippen molar-refractivity contribution in [2.75, 3.05) is 18.9 Å². The van der Waals surface area contributed by atoms with Gasteiger partial charge < -0.3 is 15.5 Å². The number of hydrogen-bond donors (Lipinski definition) is 2. The van der Waals surface area contributed by atoms with Crippen LogP contribution in [0.15, 0.2) is 48.5 Å². The fourth-order valence-corrected chi connectivity index (χ4v) is 3.20. The van der Waals surface area contributed by atoms with Gasteiger partial charge in [-0.15, -0.1) is 6.42 Å². The van der Waals surface area contributed by atoms with Gasteiger partial charge in [0.2, 0.25) is 11.8 Å². The van der Waals surface area contributed by atoms with Gasteiger partial charge in [0, 0.05) is 23.9 Å². The summed E-state index contributed by atoms with van der Waals surface area (Å²) in [5.74, 6) is 1.72. The quantitative estimate of drug-likeness (QED) is 0.645. The third-order valence-electron chi connectivity index (χ3n) is 4.77. The van der Waals surface area contributed by atoms with Crippen molar-refractivity contribution in [1.82, 2.24) is 10.2 Å². The minimum atomic E-state index is -0.727. The van der Waals surface area contributed by atoms with Gasteiger partial charge in [0.25, 0.3) is 5.91 Å². The number of terminal acetylenes is 1. The molecule has 0 aromatic heterocycles. The smallest absolute Gasteiger partial charge is 0.252 e. The van der Waals surface area contributed by atoms with Crippen LogP contribution in [0.2, 0.25) is 0 Å². The van der Waals surface area contributed by atoms with Crippen LogP contribution in [-0.4, -0.2) is 42.3 Å². The molecule has 3 amide bonds. The standard InChI is InChI=1S/C25H29N3O3/c1-6-19-11-9-12-20(15-19)26-23(29)16-28(5)25(31)22(14-17(2)3)27-24(30)21-13-8-7-10-18(21)4/h1,7-13,15,17,22H,14,16H2,2-5H3,(H,26,29)(H,27,30).